The lowest BCUT2D eigenvalue weighted by atomic mass is 9.99. The first kappa shape index (κ1) is 63.6. The van der Waals surface area contributed by atoms with E-state index in [-0.39, 0.29) is 77.1 Å². The Hall–Kier alpha value is -8.20. The van der Waals surface area contributed by atoms with Crippen molar-refractivity contribution in [1.29, 1.82) is 0 Å². The molecule has 4 aliphatic carbocycles. The minimum absolute atomic E-state index is 0.0199. The lowest BCUT2D eigenvalue weighted by molar-refractivity contribution is 0.0838. The molecule has 0 amide bonds. The van der Waals surface area contributed by atoms with Gasteiger partial charge in [0.1, 0.15) is 19.3 Å². The van der Waals surface area contributed by atoms with Crippen LogP contribution in [0.2, 0.25) is 0 Å². The number of anilines is 1. The number of rotatable bonds is 20. The smallest absolute Gasteiger partial charge is 0.301 e. The van der Waals surface area contributed by atoms with Gasteiger partial charge in [-0.15, -0.1) is 45.3 Å². The average molecular weight is 1350 g/mol. The summed E-state index contributed by atoms with van der Waals surface area (Å²) in [5.74, 6) is 1.28. The van der Waals surface area contributed by atoms with Gasteiger partial charge in [-0.1, -0.05) is 145 Å². The van der Waals surface area contributed by atoms with Crippen molar-refractivity contribution in [2.75, 3.05) is 30.0 Å². The first-order valence-electron chi connectivity index (χ1n) is 30.6. The fraction of sp³-hybridized carbons (Fsp3) is 0.275. The lowest BCUT2D eigenvalue weighted by Crippen LogP contribution is -2.26. The van der Waals surface area contributed by atoms with E-state index in [2.05, 4.69) is 25.3 Å². The van der Waals surface area contributed by atoms with Crippen molar-refractivity contribution >= 4 is 127 Å². The molecule has 8 aromatic heterocycles. The van der Waals surface area contributed by atoms with Gasteiger partial charge in [-0.05, 0) is 115 Å². The molecule has 8 heterocycles. The van der Waals surface area contributed by atoms with E-state index in [9.17, 15) is 39.0 Å². The number of fused-ring (bicyclic) bond motifs is 4. The summed E-state index contributed by atoms with van der Waals surface area (Å²) in [6.07, 6.45) is 7.42. The molecule has 18 nitrogen and oxygen atoms in total. The molecule has 0 radical (unpaired) electrons. The van der Waals surface area contributed by atoms with Gasteiger partial charge in [-0.2, -0.15) is 4.98 Å². The van der Waals surface area contributed by atoms with Gasteiger partial charge in [0.25, 0.3) is 22.2 Å². The maximum absolute atomic E-state index is 12.7. The number of benzene rings is 4. The number of aliphatic hydroxyl groups excluding tert-OH is 1. The van der Waals surface area contributed by atoms with Crippen LogP contribution in [0.15, 0.2) is 197 Å². The van der Waals surface area contributed by atoms with Crippen LogP contribution < -0.4 is 32.3 Å². The van der Waals surface area contributed by atoms with Crippen LogP contribution in [0.1, 0.15) is 120 Å². The number of thioether (sulfide) groups is 2. The molecule has 3 N–H and O–H groups in total. The molecule has 2 atom stereocenters. The Kier molecular flexibility index (Phi) is 19.3. The average Bonchev–Trinajstić information content (AvgIpc) is 1.77. The summed E-state index contributed by atoms with van der Waals surface area (Å²) in [7, 11) is 0. The Bertz CT molecular complexity index is 4740. The number of ether oxygens (including phenoxy) is 1. The number of ketones is 2. The molecule has 0 aliphatic heterocycles. The third-order valence-electron chi connectivity index (χ3n) is 16.0. The molecule has 0 bridgehead atoms. The second-order valence-electron chi connectivity index (χ2n) is 23.2. The van der Waals surface area contributed by atoms with E-state index in [1.54, 1.807) is 46.4 Å². The van der Waals surface area contributed by atoms with E-state index in [1.165, 1.54) is 68.9 Å². The fourth-order valence-corrected chi connectivity index (χ4v) is 15.7. The number of carbonyl (C=O) groups excluding carboxylic acids is 2. The number of hydrogen-bond acceptors (Lipinski definition) is 20. The SMILES string of the molecule is CC(O)(CSc1nc2sccc2c(=O)n1C1CC1)c1ccccc1.O=C(CNc1nc2sccc2c(=O)n1C1CC1)c1ccccc1.O=C(COc1nc2sccc2c(=O)n1C1CC1)c1ccccc1.O=c1c2ccsc2nc(SCC(O)c2ccccc2)n1C1CC1. The van der Waals surface area contributed by atoms with Gasteiger partial charge in [0.05, 0.1) is 39.8 Å². The third-order valence-corrected chi connectivity index (χ3v) is 21.5. The van der Waals surface area contributed by atoms with Crippen LogP contribution in [0.4, 0.5) is 5.95 Å². The van der Waals surface area contributed by atoms with Crippen molar-refractivity contribution in [3.63, 3.8) is 0 Å². The summed E-state index contributed by atoms with van der Waals surface area (Å²) in [5.41, 5.74) is 2.02. The standard InChI is InChI=1S/C18H18N2O2S2.C17H15N3O2S.C17H14N2O3S.C17H16N2O2S2/c1-18(22,12-5-3-2-4-6-12)11-24-17-19-15-14(9-10-23-15)16(21)20(17)13-7-8-13;21-14(11-4-2-1-3-5-11)10-18-17-19-15-13(8-9-23-15)16(22)20(17)12-6-7-12;20-14(11-4-2-1-3-5-11)10-22-17-18-15-13(8-9-23-15)16(21)19(17)12-6-7-12;20-14(11-4-2-1-3-5-11)10-23-17-18-15-13(8-9-22-15)16(21)19(17)12-6-7-12/h2-6,9-10,13,22H,7-8,11H2,1H3;1-5,8-9,12H,6-7,10H2,(H,18,19);1-5,8-9,12H,6-7,10H2;1-5,8-9,12,14,20H,6-7,10H2. The van der Waals surface area contributed by atoms with E-state index < -0.39 is 11.7 Å². The highest BCUT2D eigenvalue weighted by Crippen LogP contribution is 2.41. The lowest BCUT2D eigenvalue weighted by Gasteiger charge is -2.23. The van der Waals surface area contributed by atoms with Crippen molar-refractivity contribution in [3.05, 3.63) is 231 Å². The van der Waals surface area contributed by atoms with E-state index in [4.69, 9.17) is 4.74 Å². The molecule has 93 heavy (non-hydrogen) atoms. The number of Topliss-reactive ketones (excluding diaryl/α,β-unsaturated/α-hetero) is 2. The van der Waals surface area contributed by atoms with Crippen molar-refractivity contribution in [2.24, 2.45) is 0 Å². The number of thiophene rings is 4. The Morgan fingerprint density at radius 1 is 0.527 bits per heavy atom. The summed E-state index contributed by atoms with van der Waals surface area (Å²) in [6, 6.07) is 45.7. The summed E-state index contributed by atoms with van der Waals surface area (Å²) < 4.78 is 12.6. The molecular weight excluding hydrogens is 1290 g/mol. The maximum Gasteiger partial charge on any atom is 0.301 e. The molecule has 0 spiro atoms. The molecule has 12 aromatic rings. The number of carbonyl (C=O) groups is 2. The van der Waals surface area contributed by atoms with Gasteiger partial charge < -0.3 is 20.3 Å². The molecule has 474 valence electrons. The minimum Gasteiger partial charge on any atom is -0.456 e. The Morgan fingerprint density at radius 3 is 1.42 bits per heavy atom. The van der Waals surface area contributed by atoms with Gasteiger partial charge in [0, 0.05) is 46.8 Å². The van der Waals surface area contributed by atoms with E-state index in [1.807, 2.05) is 146 Å². The van der Waals surface area contributed by atoms with Crippen LogP contribution in [-0.4, -0.2) is 84.6 Å². The number of nitrogens with zero attached hydrogens (tertiary/aromatic N) is 8. The normalized spacial score (nSPS) is 15.3. The van der Waals surface area contributed by atoms with E-state index >= 15 is 0 Å². The minimum atomic E-state index is -0.970. The zero-order valence-electron chi connectivity index (χ0n) is 50.3. The Morgan fingerprint density at radius 2 is 0.925 bits per heavy atom. The summed E-state index contributed by atoms with van der Waals surface area (Å²) in [6.45, 7) is 1.80. The monoisotopic (exact) mass is 1350 g/mol. The number of hydrogen-bond donors (Lipinski definition) is 3. The third kappa shape index (κ3) is 14.8. The van der Waals surface area contributed by atoms with Crippen molar-refractivity contribution in [1.82, 2.24) is 38.2 Å². The number of nitrogens with one attached hydrogen (secondary N) is 1. The molecule has 4 fully saturated rings. The molecule has 16 rings (SSSR count). The van der Waals surface area contributed by atoms with Crippen molar-refractivity contribution in [3.8, 4) is 6.01 Å². The molecule has 4 saturated carbocycles. The number of aliphatic hydroxyl groups is 2. The van der Waals surface area contributed by atoms with Gasteiger partial charge in [0.2, 0.25) is 5.95 Å². The summed E-state index contributed by atoms with van der Waals surface area (Å²) in [4.78, 5) is 96.2. The number of aromatic nitrogens is 8. The highest BCUT2D eigenvalue weighted by molar-refractivity contribution is 7.99. The van der Waals surface area contributed by atoms with E-state index in [0.717, 1.165) is 77.3 Å². The zero-order valence-corrected chi connectivity index (χ0v) is 55.2. The van der Waals surface area contributed by atoms with Crippen molar-refractivity contribution in [2.45, 2.75) is 104 Å². The van der Waals surface area contributed by atoms with Gasteiger partial charge in [0.15, 0.2) is 28.5 Å². The van der Waals surface area contributed by atoms with E-state index in [0.29, 0.717) is 64.9 Å². The highest BCUT2D eigenvalue weighted by atomic mass is 32.2. The topological polar surface area (TPSA) is 235 Å². The molecule has 4 aliphatic rings. The molecular formula is C69H63N9O9S6. The molecule has 2 unspecified atom stereocenters. The fourth-order valence-electron chi connectivity index (χ4n) is 10.4. The van der Waals surface area contributed by atoms with Crippen LogP contribution in [-0.2, 0) is 5.60 Å². The van der Waals surface area contributed by atoms with Gasteiger partial charge >= 0.3 is 6.01 Å². The van der Waals surface area contributed by atoms with Crippen LogP contribution in [0.5, 0.6) is 6.01 Å². The maximum atomic E-state index is 12.7. The second-order valence-corrected chi connectivity index (χ2v) is 28.7. The Balaban J connectivity index is 0.000000113. The van der Waals surface area contributed by atoms with Crippen LogP contribution in [0.25, 0.3) is 40.9 Å². The zero-order chi connectivity index (χ0) is 64.2. The molecule has 24 heteroatoms. The van der Waals surface area contributed by atoms with Crippen LogP contribution in [0.3, 0.4) is 0 Å². The first-order valence-corrected chi connectivity index (χ1v) is 36.1. The largest absolute Gasteiger partial charge is 0.456 e. The predicted octanol–water partition coefficient (Wildman–Crippen LogP) is 13.6. The molecule has 0 saturated heterocycles. The second kappa shape index (κ2) is 28.2. The van der Waals surface area contributed by atoms with Gasteiger partial charge in [-0.25, -0.2) is 15.0 Å². The summed E-state index contributed by atoms with van der Waals surface area (Å²) in [5, 5.41) is 35.8. The first-order chi connectivity index (χ1) is 45.3. The van der Waals surface area contributed by atoms with Crippen LogP contribution >= 0.6 is 68.9 Å². The quantitative estimate of drug-likeness (QED) is 0.0365. The highest BCUT2D eigenvalue weighted by Gasteiger charge is 2.34. The predicted molar refractivity (Wildman–Crippen MR) is 373 cm³/mol. The summed E-state index contributed by atoms with van der Waals surface area (Å²) >= 11 is 8.73. The molecule has 4 aromatic carbocycles. The van der Waals surface area contributed by atoms with Gasteiger partial charge in [-0.3, -0.25) is 47.0 Å². The van der Waals surface area contributed by atoms with Crippen LogP contribution in [0, 0.1) is 0 Å². The van der Waals surface area contributed by atoms with Crippen molar-refractivity contribution < 1.29 is 24.5 Å². The Labute approximate surface area is 557 Å².